The SMILES string of the molecule is O=C(CSc1nnc(-c2cccs2)n1C[C@H]1CCCO1)Nc1nnc(C2CCCCC2)s1. The molecule has 1 aliphatic heterocycles. The first kappa shape index (κ1) is 22.0. The maximum Gasteiger partial charge on any atom is 0.236 e. The summed E-state index contributed by atoms with van der Waals surface area (Å²) < 4.78 is 7.92. The van der Waals surface area contributed by atoms with Gasteiger partial charge in [0.15, 0.2) is 11.0 Å². The molecule has 1 saturated heterocycles. The van der Waals surface area contributed by atoms with Gasteiger partial charge in [0.05, 0.1) is 23.3 Å². The van der Waals surface area contributed by atoms with Crippen LogP contribution in [0.15, 0.2) is 22.7 Å². The third-order valence-electron chi connectivity index (χ3n) is 5.84. The molecule has 2 fully saturated rings. The molecule has 1 atom stereocenters. The first-order valence-electron chi connectivity index (χ1n) is 11.1. The fourth-order valence-corrected chi connectivity index (χ4v) is 6.62. The van der Waals surface area contributed by atoms with Gasteiger partial charge in [-0.1, -0.05) is 48.4 Å². The second kappa shape index (κ2) is 10.4. The summed E-state index contributed by atoms with van der Waals surface area (Å²) in [5.74, 6) is 1.46. The van der Waals surface area contributed by atoms with Gasteiger partial charge < -0.3 is 4.74 Å². The molecule has 0 radical (unpaired) electrons. The van der Waals surface area contributed by atoms with Crippen molar-refractivity contribution in [3.8, 4) is 10.7 Å². The Hall–Kier alpha value is -1.82. The lowest BCUT2D eigenvalue weighted by atomic mass is 9.90. The van der Waals surface area contributed by atoms with Crippen molar-refractivity contribution in [2.75, 3.05) is 17.7 Å². The van der Waals surface area contributed by atoms with E-state index in [1.165, 1.54) is 55.2 Å². The van der Waals surface area contributed by atoms with Crippen LogP contribution in [0.5, 0.6) is 0 Å². The summed E-state index contributed by atoms with van der Waals surface area (Å²) in [5.41, 5.74) is 0. The highest BCUT2D eigenvalue weighted by Gasteiger charge is 2.23. The van der Waals surface area contributed by atoms with Crippen molar-refractivity contribution in [3.05, 3.63) is 22.5 Å². The Morgan fingerprint density at radius 1 is 1.16 bits per heavy atom. The van der Waals surface area contributed by atoms with Crippen LogP contribution >= 0.6 is 34.4 Å². The van der Waals surface area contributed by atoms with E-state index in [9.17, 15) is 4.79 Å². The molecule has 32 heavy (non-hydrogen) atoms. The van der Waals surface area contributed by atoms with Crippen molar-refractivity contribution in [2.24, 2.45) is 0 Å². The van der Waals surface area contributed by atoms with Gasteiger partial charge in [0.2, 0.25) is 11.0 Å². The van der Waals surface area contributed by atoms with Gasteiger partial charge in [-0.15, -0.1) is 31.7 Å². The summed E-state index contributed by atoms with van der Waals surface area (Å²) in [4.78, 5) is 13.7. The number of thioether (sulfide) groups is 1. The highest BCUT2D eigenvalue weighted by Crippen LogP contribution is 2.35. The Kier molecular flexibility index (Phi) is 7.16. The number of hydrogen-bond donors (Lipinski definition) is 1. The molecule has 8 nitrogen and oxygen atoms in total. The number of hydrogen-bond acceptors (Lipinski definition) is 9. The largest absolute Gasteiger partial charge is 0.376 e. The van der Waals surface area contributed by atoms with E-state index in [4.69, 9.17) is 4.74 Å². The van der Waals surface area contributed by atoms with Gasteiger partial charge in [-0.2, -0.15) is 0 Å². The highest BCUT2D eigenvalue weighted by molar-refractivity contribution is 7.99. The molecule has 0 unspecified atom stereocenters. The first-order valence-corrected chi connectivity index (χ1v) is 13.8. The lowest BCUT2D eigenvalue weighted by molar-refractivity contribution is -0.113. The molecule has 3 aromatic rings. The number of anilines is 1. The van der Waals surface area contributed by atoms with Crippen LogP contribution in [-0.4, -0.2) is 49.3 Å². The van der Waals surface area contributed by atoms with Crippen LogP contribution in [0.2, 0.25) is 0 Å². The number of aromatic nitrogens is 5. The van der Waals surface area contributed by atoms with Gasteiger partial charge in [0, 0.05) is 12.5 Å². The Balaban J connectivity index is 1.22. The van der Waals surface area contributed by atoms with E-state index in [0.29, 0.717) is 17.6 Å². The van der Waals surface area contributed by atoms with Crippen LogP contribution in [0.25, 0.3) is 10.7 Å². The van der Waals surface area contributed by atoms with Crippen molar-refractivity contribution >= 4 is 45.5 Å². The lowest BCUT2D eigenvalue weighted by Crippen LogP contribution is -2.18. The second-order valence-corrected chi connectivity index (χ2v) is 11.0. The molecule has 1 saturated carbocycles. The van der Waals surface area contributed by atoms with Crippen LogP contribution in [0.4, 0.5) is 5.13 Å². The van der Waals surface area contributed by atoms with Crippen molar-refractivity contribution in [3.63, 3.8) is 0 Å². The molecule has 0 bridgehead atoms. The summed E-state index contributed by atoms with van der Waals surface area (Å²) in [6.45, 7) is 1.50. The average molecular weight is 491 g/mol. The molecule has 4 heterocycles. The molecule has 170 valence electrons. The average Bonchev–Trinajstić information content (AvgIpc) is 3.61. The summed E-state index contributed by atoms with van der Waals surface area (Å²) in [5, 5.41) is 24.6. The maximum atomic E-state index is 12.6. The Labute approximate surface area is 199 Å². The molecule has 0 aromatic carbocycles. The van der Waals surface area contributed by atoms with E-state index < -0.39 is 0 Å². The van der Waals surface area contributed by atoms with Crippen LogP contribution in [0, 0.1) is 0 Å². The van der Waals surface area contributed by atoms with E-state index in [1.54, 1.807) is 11.3 Å². The summed E-state index contributed by atoms with van der Waals surface area (Å²) in [6, 6.07) is 4.05. The van der Waals surface area contributed by atoms with Gasteiger partial charge in [-0.05, 0) is 37.1 Å². The zero-order valence-corrected chi connectivity index (χ0v) is 20.2. The molecular formula is C21H26N6O2S3. The third kappa shape index (κ3) is 5.22. The Morgan fingerprint density at radius 3 is 2.84 bits per heavy atom. The standard InChI is InChI=1S/C21H26N6O2S3/c28-17(22-20-25-24-19(32-20)14-6-2-1-3-7-14)13-31-21-26-23-18(16-9-5-11-30-16)27(21)12-15-8-4-10-29-15/h5,9,11,14-15H,1-4,6-8,10,12-13H2,(H,22,25,28)/t15-/m1/s1. The highest BCUT2D eigenvalue weighted by atomic mass is 32.2. The minimum atomic E-state index is -0.106. The smallest absolute Gasteiger partial charge is 0.236 e. The van der Waals surface area contributed by atoms with Crippen LogP contribution in [-0.2, 0) is 16.1 Å². The van der Waals surface area contributed by atoms with Crippen LogP contribution < -0.4 is 5.32 Å². The zero-order chi connectivity index (χ0) is 21.8. The fraction of sp³-hybridized carbons (Fsp3) is 0.571. The molecule has 0 spiro atoms. The molecule has 1 aliphatic carbocycles. The molecule has 11 heteroatoms. The monoisotopic (exact) mass is 490 g/mol. The topological polar surface area (TPSA) is 94.8 Å². The number of nitrogens with one attached hydrogen (secondary N) is 1. The van der Waals surface area contributed by atoms with Gasteiger partial charge in [0.1, 0.15) is 5.01 Å². The number of ether oxygens (including phenoxy) is 1. The number of carbonyl (C=O) groups excluding carboxylic acids is 1. The quantitative estimate of drug-likeness (QED) is 0.453. The third-order valence-corrected chi connectivity index (χ3v) is 8.68. The van der Waals surface area contributed by atoms with Crippen LogP contribution in [0.1, 0.15) is 55.9 Å². The summed E-state index contributed by atoms with van der Waals surface area (Å²) in [6.07, 6.45) is 8.44. The fourth-order valence-electron chi connectivity index (χ4n) is 4.23. The van der Waals surface area contributed by atoms with Gasteiger partial charge in [-0.25, -0.2) is 0 Å². The Morgan fingerprint density at radius 2 is 2.06 bits per heavy atom. The number of amides is 1. The predicted octanol–water partition coefficient (Wildman–Crippen LogP) is 4.82. The van der Waals surface area contributed by atoms with Gasteiger partial charge >= 0.3 is 0 Å². The minimum absolute atomic E-state index is 0.106. The summed E-state index contributed by atoms with van der Waals surface area (Å²) in [7, 11) is 0. The van der Waals surface area contributed by atoms with Crippen LogP contribution in [0.3, 0.4) is 0 Å². The van der Waals surface area contributed by atoms with E-state index in [1.807, 2.05) is 17.5 Å². The van der Waals surface area contributed by atoms with E-state index >= 15 is 0 Å². The number of thiophene rings is 1. The molecule has 1 amide bonds. The zero-order valence-electron chi connectivity index (χ0n) is 17.7. The first-order chi connectivity index (χ1) is 15.8. The van der Waals surface area contributed by atoms with E-state index in [0.717, 1.165) is 40.3 Å². The predicted molar refractivity (Wildman–Crippen MR) is 127 cm³/mol. The van der Waals surface area contributed by atoms with E-state index in [2.05, 4.69) is 30.3 Å². The van der Waals surface area contributed by atoms with Gasteiger partial charge in [-0.3, -0.25) is 14.7 Å². The minimum Gasteiger partial charge on any atom is -0.376 e. The summed E-state index contributed by atoms with van der Waals surface area (Å²) >= 11 is 4.53. The maximum absolute atomic E-state index is 12.6. The molecule has 5 rings (SSSR count). The van der Waals surface area contributed by atoms with Crippen molar-refractivity contribution < 1.29 is 9.53 Å². The number of rotatable bonds is 8. The Bertz CT molecular complexity index is 1020. The molecular weight excluding hydrogens is 464 g/mol. The number of nitrogens with zero attached hydrogens (tertiary/aromatic N) is 5. The normalized spacial score (nSPS) is 19.4. The number of carbonyl (C=O) groups is 1. The molecule has 3 aromatic heterocycles. The van der Waals surface area contributed by atoms with Crippen molar-refractivity contribution in [1.29, 1.82) is 0 Å². The molecule has 1 N–H and O–H groups in total. The van der Waals surface area contributed by atoms with Gasteiger partial charge in [0.25, 0.3) is 0 Å². The van der Waals surface area contributed by atoms with Crippen molar-refractivity contribution in [2.45, 2.75) is 68.7 Å². The van der Waals surface area contributed by atoms with E-state index in [-0.39, 0.29) is 17.8 Å². The lowest BCUT2D eigenvalue weighted by Gasteiger charge is -2.18. The second-order valence-electron chi connectivity index (χ2n) is 8.15. The molecule has 2 aliphatic rings. The van der Waals surface area contributed by atoms with Crippen molar-refractivity contribution in [1.82, 2.24) is 25.0 Å².